The van der Waals surface area contributed by atoms with Gasteiger partial charge in [0.05, 0.1) is 31.9 Å². The number of benzene rings is 1. The molecule has 1 heterocycles. The summed E-state index contributed by atoms with van der Waals surface area (Å²) in [5.74, 6) is 1.13. The highest BCUT2D eigenvalue weighted by Crippen LogP contribution is 2.25. The molecule has 0 aliphatic rings. The molecule has 19 heavy (non-hydrogen) atoms. The monoisotopic (exact) mass is 260 g/mol. The number of hydrogen-bond acceptors (Lipinski definition) is 4. The van der Waals surface area contributed by atoms with Crippen LogP contribution in [0.3, 0.4) is 0 Å². The predicted molar refractivity (Wildman–Crippen MR) is 70.8 cm³/mol. The summed E-state index contributed by atoms with van der Waals surface area (Å²) >= 11 is 0. The Morgan fingerprint density at radius 3 is 2.63 bits per heavy atom. The Hall–Kier alpha value is -2.30. The van der Waals surface area contributed by atoms with E-state index in [2.05, 4.69) is 5.10 Å². The van der Waals surface area contributed by atoms with E-state index in [1.807, 2.05) is 19.3 Å². The zero-order chi connectivity index (χ0) is 13.8. The lowest BCUT2D eigenvalue weighted by molar-refractivity contribution is 0.0988. The van der Waals surface area contributed by atoms with Crippen LogP contribution in [0, 0.1) is 0 Å². The van der Waals surface area contributed by atoms with Gasteiger partial charge in [0.1, 0.15) is 11.5 Å². The summed E-state index contributed by atoms with van der Waals surface area (Å²) in [7, 11) is 4.92. The Morgan fingerprint density at radius 2 is 2.05 bits per heavy atom. The molecule has 2 aromatic rings. The number of ketones is 1. The summed E-state index contributed by atoms with van der Waals surface area (Å²) < 4.78 is 12.0. The van der Waals surface area contributed by atoms with Gasteiger partial charge in [-0.25, -0.2) is 0 Å². The number of carbonyl (C=O) groups excluding carboxylic acids is 1. The molecular weight excluding hydrogens is 244 g/mol. The minimum atomic E-state index is -0.0468. The highest BCUT2D eigenvalue weighted by molar-refractivity contribution is 6.00. The zero-order valence-corrected chi connectivity index (χ0v) is 11.2. The largest absolute Gasteiger partial charge is 0.497 e. The van der Waals surface area contributed by atoms with Crippen molar-refractivity contribution in [2.75, 3.05) is 14.2 Å². The first-order chi connectivity index (χ1) is 9.13. The van der Waals surface area contributed by atoms with Crippen LogP contribution in [0.15, 0.2) is 30.5 Å². The maximum absolute atomic E-state index is 12.3. The fourth-order valence-corrected chi connectivity index (χ4v) is 1.85. The molecular formula is C14H16N2O3. The van der Waals surface area contributed by atoms with E-state index in [0.29, 0.717) is 17.1 Å². The average molecular weight is 260 g/mol. The Kier molecular flexibility index (Phi) is 3.85. The van der Waals surface area contributed by atoms with E-state index in [4.69, 9.17) is 9.47 Å². The van der Waals surface area contributed by atoms with Crippen LogP contribution in [0.1, 0.15) is 16.1 Å². The molecule has 100 valence electrons. The molecule has 0 aliphatic carbocycles. The third-order valence-electron chi connectivity index (χ3n) is 2.82. The average Bonchev–Trinajstić information content (AvgIpc) is 2.83. The first-order valence-electron chi connectivity index (χ1n) is 5.88. The maximum Gasteiger partial charge on any atom is 0.172 e. The van der Waals surface area contributed by atoms with Gasteiger partial charge in [-0.15, -0.1) is 0 Å². The molecule has 0 saturated heterocycles. The van der Waals surface area contributed by atoms with Crippen LogP contribution in [0.2, 0.25) is 0 Å². The summed E-state index contributed by atoms with van der Waals surface area (Å²) in [6.45, 7) is 0. The van der Waals surface area contributed by atoms with Gasteiger partial charge in [-0.2, -0.15) is 5.10 Å². The molecule has 5 heteroatoms. The van der Waals surface area contributed by atoms with Crippen LogP contribution in [-0.2, 0) is 13.5 Å². The van der Waals surface area contributed by atoms with Crippen molar-refractivity contribution in [3.63, 3.8) is 0 Å². The molecule has 0 fully saturated rings. The second kappa shape index (κ2) is 5.56. The van der Waals surface area contributed by atoms with Gasteiger partial charge in [-0.05, 0) is 24.3 Å². The topological polar surface area (TPSA) is 53.4 Å². The number of methoxy groups -OCH3 is 2. The summed E-state index contributed by atoms with van der Waals surface area (Å²) in [6, 6.07) is 7.00. The number of hydrogen-bond donors (Lipinski definition) is 0. The Labute approximate surface area is 111 Å². The van der Waals surface area contributed by atoms with Gasteiger partial charge in [0.25, 0.3) is 0 Å². The van der Waals surface area contributed by atoms with Gasteiger partial charge < -0.3 is 9.47 Å². The lowest BCUT2D eigenvalue weighted by Gasteiger charge is -2.09. The normalized spacial score (nSPS) is 10.3. The Bertz CT molecular complexity index is 590. The molecule has 0 spiro atoms. The molecule has 0 amide bonds. The van der Waals surface area contributed by atoms with Crippen molar-refractivity contribution in [2.24, 2.45) is 7.05 Å². The Balaban J connectivity index is 2.26. The molecule has 1 aromatic heterocycles. The standard InChI is InChI=1S/C14H16N2O3/c1-16-7-6-10(15-16)8-13(17)12-9-11(18-2)4-5-14(12)19-3/h4-7,9H,8H2,1-3H3. The van der Waals surface area contributed by atoms with Crippen LogP contribution in [0.5, 0.6) is 11.5 Å². The first kappa shape index (κ1) is 13.1. The summed E-state index contributed by atoms with van der Waals surface area (Å²) in [6.07, 6.45) is 2.05. The number of ether oxygens (including phenoxy) is 2. The SMILES string of the molecule is COc1ccc(OC)c(C(=O)Cc2ccn(C)n2)c1. The second-order valence-electron chi connectivity index (χ2n) is 4.15. The van der Waals surface area contributed by atoms with Crippen molar-refractivity contribution in [3.05, 3.63) is 41.7 Å². The molecule has 0 atom stereocenters. The van der Waals surface area contributed by atoms with E-state index in [1.165, 1.54) is 0 Å². The number of aryl methyl sites for hydroxylation is 1. The highest BCUT2D eigenvalue weighted by Gasteiger charge is 2.15. The number of aromatic nitrogens is 2. The van der Waals surface area contributed by atoms with Gasteiger partial charge in [0.15, 0.2) is 5.78 Å². The molecule has 0 N–H and O–H groups in total. The molecule has 0 bridgehead atoms. The van der Waals surface area contributed by atoms with Gasteiger partial charge in [0.2, 0.25) is 0 Å². The van der Waals surface area contributed by atoms with E-state index >= 15 is 0 Å². The molecule has 5 nitrogen and oxygen atoms in total. The number of nitrogens with zero attached hydrogens (tertiary/aromatic N) is 2. The number of rotatable bonds is 5. The van der Waals surface area contributed by atoms with Crippen molar-refractivity contribution < 1.29 is 14.3 Å². The quantitative estimate of drug-likeness (QED) is 0.770. The molecule has 2 rings (SSSR count). The zero-order valence-electron chi connectivity index (χ0n) is 11.2. The number of Topliss-reactive ketones (excluding diaryl/α,β-unsaturated/α-hetero) is 1. The molecule has 0 saturated carbocycles. The smallest absolute Gasteiger partial charge is 0.172 e. The van der Waals surface area contributed by atoms with Crippen molar-refractivity contribution in [2.45, 2.75) is 6.42 Å². The van der Waals surface area contributed by atoms with Crippen LogP contribution in [0.4, 0.5) is 0 Å². The van der Waals surface area contributed by atoms with Crippen LogP contribution < -0.4 is 9.47 Å². The van der Waals surface area contributed by atoms with E-state index in [9.17, 15) is 4.79 Å². The Morgan fingerprint density at radius 1 is 1.26 bits per heavy atom. The van der Waals surface area contributed by atoms with E-state index in [0.717, 1.165) is 5.69 Å². The van der Waals surface area contributed by atoms with Crippen LogP contribution >= 0.6 is 0 Å². The van der Waals surface area contributed by atoms with Gasteiger partial charge in [-0.3, -0.25) is 9.48 Å². The highest BCUT2D eigenvalue weighted by atomic mass is 16.5. The van der Waals surface area contributed by atoms with Crippen molar-refractivity contribution in [3.8, 4) is 11.5 Å². The lowest BCUT2D eigenvalue weighted by atomic mass is 10.1. The minimum Gasteiger partial charge on any atom is -0.497 e. The minimum absolute atomic E-state index is 0.0468. The van der Waals surface area contributed by atoms with Crippen molar-refractivity contribution >= 4 is 5.78 Å². The first-order valence-corrected chi connectivity index (χ1v) is 5.88. The molecule has 0 aliphatic heterocycles. The van der Waals surface area contributed by atoms with Gasteiger partial charge >= 0.3 is 0 Å². The third kappa shape index (κ3) is 2.93. The van der Waals surface area contributed by atoms with Gasteiger partial charge in [-0.1, -0.05) is 0 Å². The summed E-state index contributed by atoms with van der Waals surface area (Å²) in [5.41, 5.74) is 1.24. The van der Waals surface area contributed by atoms with Crippen molar-refractivity contribution in [1.82, 2.24) is 9.78 Å². The third-order valence-corrected chi connectivity index (χ3v) is 2.82. The predicted octanol–water partition coefficient (Wildman–Crippen LogP) is 1.86. The lowest BCUT2D eigenvalue weighted by Crippen LogP contribution is -2.07. The van der Waals surface area contributed by atoms with Crippen molar-refractivity contribution in [1.29, 1.82) is 0 Å². The molecule has 1 aromatic carbocycles. The maximum atomic E-state index is 12.3. The van der Waals surface area contributed by atoms with E-state index < -0.39 is 0 Å². The van der Waals surface area contributed by atoms with E-state index in [-0.39, 0.29) is 12.2 Å². The second-order valence-corrected chi connectivity index (χ2v) is 4.15. The summed E-state index contributed by atoms with van der Waals surface area (Å²) in [5, 5.41) is 4.20. The molecule has 0 radical (unpaired) electrons. The van der Waals surface area contributed by atoms with E-state index in [1.54, 1.807) is 37.1 Å². The number of carbonyl (C=O) groups is 1. The fourth-order valence-electron chi connectivity index (χ4n) is 1.85. The van der Waals surface area contributed by atoms with Crippen LogP contribution in [0.25, 0.3) is 0 Å². The fraction of sp³-hybridized carbons (Fsp3) is 0.286. The van der Waals surface area contributed by atoms with Crippen LogP contribution in [-0.4, -0.2) is 29.8 Å². The van der Waals surface area contributed by atoms with Gasteiger partial charge in [0, 0.05) is 13.2 Å². The summed E-state index contributed by atoms with van der Waals surface area (Å²) in [4.78, 5) is 12.3. The molecule has 0 unspecified atom stereocenters.